The number of amides is 1. The molecule has 108 valence electrons. The second-order valence-corrected chi connectivity index (χ2v) is 4.63. The van der Waals surface area contributed by atoms with Crippen LogP contribution in [0.2, 0.25) is 0 Å². The Hall–Kier alpha value is -0.820. The molecule has 0 fully saturated rings. The van der Waals surface area contributed by atoms with Gasteiger partial charge in [-0.1, -0.05) is 0 Å². The predicted octanol–water partition coefficient (Wildman–Crippen LogP) is 1.46. The molecule has 0 saturated heterocycles. The third-order valence-corrected chi connectivity index (χ3v) is 2.23. The van der Waals surface area contributed by atoms with Crippen LogP contribution in [0.25, 0.3) is 0 Å². The first-order valence-electron chi connectivity index (χ1n) is 5.79. The van der Waals surface area contributed by atoms with Gasteiger partial charge in [-0.05, 0) is 27.7 Å². The van der Waals surface area contributed by atoms with Crippen LogP contribution in [0.15, 0.2) is 0 Å². The lowest BCUT2D eigenvalue weighted by molar-refractivity contribution is -0.139. The Bertz CT molecular complexity index is 268. The van der Waals surface area contributed by atoms with Crippen molar-refractivity contribution in [2.24, 2.45) is 0 Å². The van der Waals surface area contributed by atoms with Crippen molar-refractivity contribution in [2.45, 2.75) is 45.5 Å². The first kappa shape index (κ1) is 17.2. The highest BCUT2D eigenvalue weighted by Crippen LogP contribution is 2.12. The van der Waals surface area contributed by atoms with Crippen molar-refractivity contribution in [1.29, 1.82) is 0 Å². The van der Waals surface area contributed by atoms with Crippen LogP contribution in [-0.4, -0.2) is 43.4 Å². The lowest BCUT2D eigenvalue weighted by Gasteiger charge is -2.26. The van der Waals surface area contributed by atoms with Gasteiger partial charge in [-0.2, -0.15) is 13.2 Å². The molecule has 18 heavy (non-hydrogen) atoms. The molecule has 0 heterocycles. The van der Waals surface area contributed by atoms with Crippen LogP contribution in [-0.2, 0) is 9.53 Å². The minimum atomic E-state index is -4.39. The summed E-state index contributed by atoms with van der Waals surface area (Å²) < 4.78 is 41.1. The number of halogens is 3. The summed E-state index contributed by atoms with van der Waals surface area (Å²) in [5.74, 6) is -0.681. The number of alkyl halides is 3. The molecule has 0 aromatic rings. The van der Waals surface area contributed by atoms with Crippen molar-refractivity contribution in [1.82, 2.24) is 10.6 Å². The van der Waals surface area contributed by atoms with Crippen molar-refractivity contribution in [3.63, 3.8) is 0 Å². The van der Waals surface area contributed by atoms with E-state index in [0.29, 0.717) is 13.2 Å². The van der Waals surface area contributed by atoms with Gasteiger partial charge in [0.15, 0.2) is 0 Å². The molecule has 0 aliphatic carbocycles. The molecule has 1 amide bonds. The Kier molecular flexibility index (Phi) is 6.62. The maximum Gasteiger partial charge on any atom is 0.405 e. The minimum Gasteiger partial charge on any atom is -0.375 e. The van der Waals surface area contributed by atoms with E-state index in [1.54, 1.807) is 0 Å². The second kappa shape index (κ2) is 6.94. The molecule has 4 nitrogen and oxygen atoms in total. The summed E-state index contributed by atoms with van der Waals surface area (Å²) in [5, 5.41) is 4.66. The standard InChI is InChI=1S/C11H21F3N2O2/c1-5-18-10(3,4)6-15-8(2)9(17)16-7-11(12,13)14/h8,15H,5-7H2,1-4H3,(H,16,17). The normalized spacial score (nSPS) is 14.4. The first-order chi connectivity index (χ1) is 8.07. The molecule has 0 aliphatic heterocycles. The largest absolute Gasteiger partial charge is 0.405 e. The lowest BCUT2D eigenvalue weighted by Crippen LogP contribution is -2.49. The highest BCUT2D eigenvalue weighted by atomic mass is 19.4. The van der Waals surface area contributed by atoms with Gasteiger partial charge in [0.05, 0.1) is 11.6 Å². The van der Waals surface area contributed by atoms with Crippen LogP contribution in [0, 0.1) is 0 Å². The SMILES string of the molecule is CCOC(C)(C)CNC(C)C(=O)NCC(F)(F)F. The molecule has 0 aliphatic rings. The van der Waals surface area contributed by atoms with E-state index in [1.165, 1.54) is 6.92 Å². The molecule has 0 bridgehead atoms. The summed E-state index contributed by atoms with van der Waals surface area (Å²) >= 11 is 0. The quantitative estimate of drug-likeness (QED) is 0.736. The van der Waals surface area contributed by atoms with Gasteiger partial charge >= 0.3 is 6.18 Å². The maximum atomic E-state index is 11.9. The molecule has 0 aromatic heterocycles. The average molecular weight is 270 g/mol. The lowest BCUT2D eigenvalue weighted by atomic mass is 10.1. The molecule has 0 spiro atoms. The fourth-order valence-corrected chi connectivity index (χ4v) is 1.27. The Labute approximate surface area is 105 Å². The molecule has 0 aromatic carbocycles. The van der Waals surface area contributed by atoms with Crippen LogP contribution in [0.4, 0.5) is 13.2 Å². The number of hydrogen-bond acceptors (Lipinski definition) is 3. The number of rotatable bonds is 7. The summed E-state index contributed by atoms with van der Waals surface area (Å²) in [7, 11) is 0. The highest BCUT2D eigenvalue weighted by Gasteiger charge is 2.29. The average Bonchev–Trinajstić information content (AvgIpc) is 2.21. The third-order valence-electron chi connectivity index (χ3n) is 2.23. The van der Waals surface area contributed by atoms with Crippen molar-refractivity contribution in [3.8, 4) is 0 Å². The summed E-state index contributed by atoms with van der Waals surface area (Å²) in [6.45, 7) is 6.63. The molecule has 1 unspecified atom stereocenters. The third kappa shape index (κ3) is 8.30. The molecule has 1 atom stereocenters. The maximum absolute atomic E-state index is 11.9. The Morgan fingerprint density at radius 2 is 1.83 bits per heavy atom. The van der Waals surface area contributed by atoms with Gasteiger partial charge in [-0.25, -0.2) is 0 Å². The molecule has 0 rings (SSSR count). The molecular weight excluding hydrogens is 249 g/mol. The number of hydrogen-bond donors (Lipinski definition) is 2. The Morgan fingerprint density at radius 1 is 1.28 bits per heavy atom. The van der Waals surface area contributed by atoms with E-state index in [9.17, 15) is 18.0 Å². The monoisotopic (exact) mass is 270 g/mol. The molecule has 0 saturated carbocycles. The Balaban J connectivity index is 4.02. The van der Waals surface area contributed by atoms with Crippen LogP contribution < -0.4 is 10.6 Å². The van der Waals surface area contributed by atoms with E-state index in [-0.39, 0.29) is 0 Å². The van der Waals surface area contributed by atoms with E-state index in [0.717, 1.165) is 0 Å². The van der Waals surface area contributed by atoms with Crippen molar-refractivity contribution < 1.29 is 22.7 Å². The van der Waals surface area contributed by atoms with Gasteiger partial charge in [0, 0.05) is 13.2 Å². The van der Waals surface area contributed by atoms with E-state index < -0.39 is 30.3 Å². The highest BCUT2D eigenvalue weighted by molar-refractivity contribution is 5.81. The van der Waals surface area contributed by atoms with Gasteiger partial charge < -0.3 is 15.4 Å². The zero-order chi connectivity index (χ0) is 14.4. The van der Waals surface area contributed by atoms with Crippen molar-refractivity contribution >= 4 is 5.91 Å². The van der Waals surface area contributed by atoms with Crippen LogP contribution in [0.5, 0.6) is 0 Å². The predicted molar refractivity (Wildman–Crippen MR) is 62.2 cm³/mol. The van der Waals surface area contributed by atoms with Crippen molar-refractivity contribution in [2.75, 3.05) is 19.7 Å². The second-order valence-electron chi connectivity index (χ2n) is 4.63. The van der Waals surface area contributed by atoms with Crippen LogP contribution in [0.3, 0.4) is 0 Å². The smallest absolute Gasteiger partial charge is 0.375 e. The van der Waals surface area contributed by atoms with Gasteiger partial charge in [0.25, 0.3) is 0 Å². The number of carbonyl (C=O) groups is 1. The molecule has 2 N–H and O–H groups in total. The van der Waals surface area contributed by atoms with E-state index in [2.05, 4.69) is 5.32 Å². The number of ether oxygens (including phenoxy) is 1. The van der Waals surface area contributed by atoms with Crippen molar-refractivity contribution in [3.05, 3.63) is 0 Å². The molecular formula is C11H21F3N2O2. The van der Waals surface area contributed by atoms with Gasteiger partial charge in [-0.15, -0.1) is 0 Å². The van der Waals surface area contributed by atoms with Crippen LogP contribution >= 0.6 is 0 Å². The van der Waals surface area contributed by atoms with E-state index >= 15 is 0 Å². The summed E-state index contributed by atoms with van der Waals surface area (Å²) in [5.41, 5.74) is -0.465. The zero-order valence-electron chi connectivity index (χ0n) is 11.1. The zero-order valence-corrected chi connectivity index (χ0v) is 11.1. The number of nitrogens with one attached hydrogen (secondary N) is 2. The van der Waals surface area contributed by atoms with E-state index in [1.807, 2.05) is 26.1 Å². The summed E-state index contributed by atoms with van der Waals surface area (Å²) in [4.78, 5) is 11.4. The summed E-state index contributed by atoms with van der Waals surface area (Å²) in [6, 6.07) is -0.702. The van der Waals surface area contributed by atoms with Gasteiger partial charge in [0.2, 0.25) is 5.91 Å². The number of carbonyl (C=O) groups excluding carboxylic acids is 1. The van der Waals surface area contributed by atoms with Crippen LogP contribution in [0.1, 0.15) is 27.7 Å². The van der Waals surface area contributed by atoms with Gasteiger partial charge in [0.1, 0.15) is 6.54 Å². The summed E-state index contributed by atoms with van der Waals surface area (Å²) in [6.07, 6.45) is -4.39. The van der Waals surface area contributed by atoms with E-state index in [4.69, 9.17) is 4.74 Å². The first-order valence-corrected chi connectivity index (χ1v) is 5.79. The fraction of sp³-hybridized carbons (Fsp3) is 0.909. The molecule has 0 radical (unpaired) electrons. The Morgan fingerprint density at radius 3 is 2.28 bits per heavy atom. The topological polar surface area (TPSA) is 50.4 Å². The fourth-order valence-electron chi connectivity index (χ4n) is 1.27. The van der Waals surface area contributed by atoms with Gasteiger partial charge in [-0.3, -0.25) is 4.79 Å². The molecule has 7 heteroatoms. The minimum absolute atomic E-state index is 0.376.